The van der Waals surface area contributed by atoms with E-state index in [4.69, 9.17) is 14.6 Å². The summed E-state index contributed by atoms with van der Waals surface area (Å²) in [5.74, 6) is 1.83. The Labute approximate surface area is 165 Å². The molecule has 0 aliphatic carbocycles. The highest BCUT2D eigenvalue weighted by molar-refractivity contribution is 6.12. The van der Waals surface area contributed by atoms with E-state index in [9.17, 15) is 0 Å². The van der Waals surface area contributed by atoms with Gasteiger partial charge in [0.15, 0.2) is 0 Å². The van der Waals surface area contributed by atoms with Crippen LogP contribution >= 0.6 is 0 Å². The van der Waals surface area contributed by atoms with Crippen LogP contribution < -0.4 is 15.0 Å². The molecule has 3 aromatic rings. The lowest BCUT2D eigenvalue weighted by Gasteiger charge is -2.38. The molecule has 0 saturated heterocycles. The first kappa shape index (κ1) is 18.2. The quantitative estimate of drug-likeness (QED) is 0.631. The van der Waals surface area contributed by atoms with Gasteiger partial charge in [0.2, 0.25) is 5.88 Å². The normalized spacial score (nSPS) is 16.5. The SMILES string of the molecule is COc1ccc(C2Nc3occc3C(=N)N2c2ccc(C(C)(C)C)cc2)cc1. The summed E-state index contributed by atoms with van der Waals surface area (Å²) in [5.41, 5.74) is 4.08. The van der Waals surface area contributed by atoms with Crippen molar-refractivity contribution >= 4 is 17.4 Å². The summed E-state index contributed by atoms with van der Waals surface area (Å²) in [6.07, 6.45) is 1.36. The first-order valence-electron chi connectivity index (χ1n) is 9.35. The van der Waals surface area contributed by atoms with Crippen molar-refractivity contribution in [3.63, 3.8) is 0 Å². The second kappa shape index (κ2) is 6.75. The summed E-state index contributed by atoms with van der Waals surface area (Å²) in [6, 6.07) is 18.1. The third kappa shape index (κ3) is 3.13. The molecule has 0 fully saturated rings. The van der Waals surface area contributed by atoms with E-state index >= 15 is 0 Å². The van der Waals surface area contributed by atoms with Crippen LogP contribution in [0.3, 0.4) is 0 Å². The van der Waals surface area contributed by atoms with Crippen LogP contribution in [-0.2, 0) is 5.41 Å². The number of anilines is 2. The van der Waals surface area contributed by atoms with E-state index in [0.717, 1.165) is 22.6 Å². The monoisotopic (exact) mass is 375 g/mol. The van der Waals surface area contributed by atoms with Crippen molar-refractivity contribution in [2.24, 2.45) is 0 Å². The van der Waals surface area contributed by atoms with Crippen molar-refractivity contribution < 1.29 is 9.15 Å². The number of nitrogens with one attached hydrogen (secondary N) is 2. The lowest BCUT2D eigenvalue weighted by Crippen LogP contribution is -2.42. The van der Waals surface area contributed by atoms with E-state index in [2.05, 4.69) is 50.4 Å². The summed E-state index contributed by atoms with van der Waals surface area (Å²) < 4.78 is 10.9. The fourth-order valence-corrected chi connectivity index (χ4v) is 3.47. The number of ether oxygens (including phenoxy) is 1. The maximum Gasteiger partial charge on any atom is 0.205 e. The molecule has 2 heterocycles. The molecule has 0 radical (unpaired) electrons. The van der Waals surface area contributed by atoms with E-state index in [0.29, 0.717) is 11.7 Å². The van der Waals surface area contributed by atoms with Gasteiger partial charge >= 0.3 is 0 Å². The highest BCUT2D eigenvalue weighted by Gasteiger charge is 2.33. The average Bonchev–Trinajstić information content (AvgIpc) is 3.16. The lowest BCUT2D eigenvalue weighted by molar-refractivity contribution is 0.414. The Morgan fingerprint density at radius 3 is 2.29 bits per heavy atom. The molecule has 0 saturated carbocycles. The molecule has 0 amide bonds. The topological polar surface area (TPSA) is 61.5 Å². The summed E-state index contributed by atoms with van der Waals surface area (Å²) >= 11 is 0. The molecular weight excluding hydrogens is 350 g/mol. The van der Waals surface area contributed by atoms with Crippen LogP contribution in [0.2, 0.25) is 0 Å². The third-order valence-electron chi connectivity index (χ3n) is 5.13. The smallest absolute Gasteiger partial charge is 0.205 e. The summed E-state index contributed by atoms with van der Waals surface area (Å²) in [5, 5.41) is 12.3. The summed E-state index contributed by atoms with van der Waals surface area (Å²) in [6.45, 7) is 6.60. The molecule has 0 bridgehead atoms. The lowest BCUT2D eigenvalue weighted by atomic mass is 9.87. The minimum atomic E-state index is -0.252. The summed E-state index contributed by atoms with van der Waals surface area (Å²) in [4.78, 5) is 1.99. The molecule has 28 heavy (non-hydrogen) atoms. The fraction of sp³-hybridized carbons (Fsp3) is 0.261. The Hall–Kier alpha value is -3.21. The van der Waals surface area contributed by atoms with E-state index in [-0.39, 0.29) is 11.6 Å². The van der Waals surface area contributed by atoms with Gasteiger partial charge < -0.3 is 19.4 Å². The number of benzene rings is 2. The molecule has 4 rings (SSSR count). The Balaban J connectivity index is 1.77. The van der Waals surface area contributed by atoms with Crippen LogP contribution in [0, 0.1) is 5.41 Å². The molecule has 1 unspecified atom stereocenters. The fourth-order valence-electron chi connectivity index (χ4n) is 3.47. The Kier molecular flexibility index (Phi) is 4.38. The van der Waals surface area contributed by atoms with Crippen LogP contribution in [0.25, 0.3) is 0 Å². The second-order valence-electron chi connectivity index (χ2n) is 8.00. The molecular formula is C23H25N3O2. The predicted molar refractivity (Wildman–Crippen MR) is 113 cm³/mol. The van der Waals surface area contributed by atoms with Crippen molar-refractivity contribution in [2.45, 2.75) is 32.4 Å². The number of furan rings is 1. The van der Waals surface area contributed by atoms with Gasteiger partial charge in [-0.05, 0) is 46.9 Å². The zero-order chi connectivity index (χ0) is 19.9. The first-order chi connectivity index (χ1) is 13.4. The van der Waals surface area contributed by atoms with Crippen molar-refractivity contribution in [3.05, 3.63) is 77.6 Å². The Bertz CT molecular complexity index is 982. The molecule has 2 N–H and O–H groups in total. The molecule has 2 aromatic carbocycles. The number of methoxy groups -OCH3 is 1. The number of hydrogen-bond acceptors (Lipinski definition) is 4. The molecule has 1 atom stereocenters. The van der Waals surface area contributed by atoms with Crippen LogP contribution in [0.5, 0.6) is 5.75 Å². The van der Waals surface area contributed by atoms with Gasteiger partial charge in [-0.25, -0.2) is 0 Å². The zero-order valence-electron chi connectivity index (χ0n) is 16.6. The van der Waals surface area contributed by atoms with Crippen molar-refractivity contribution in [1.82, 2.24) is 0 Å². The number of fused-ring (bicyclic) bond motifs is 1. The maximum absolute atomic E-state index is 8.82. The number of nitrogens with zero attached hydrogens (tertiary/aromatic N) is 1. The maximum atomic E-state index is 8.82. The predicted octanol–water partition coefficient (Wildman–Crippen LogP) is 5.54. The Morgan fingerprint density at radius 2 is 1.68 bits per heavy atom. The minimum absolute atomic E-state index is 0.0826. The molecule has 1 aromatic heterocycles. The second-order valence-corrected chi connectivity index (χ2v) is 8.00. The van der Waals surface area contributed by atoms with E-state index in [1.54, 1.807) is 13.4 Å². The van der Waals surface area contributed by atoms with E-state index < -0.39 is 0 Å². The van der Waals surface area contributed by atoms with Gasteiger partial charge in [0.1, 0.15) is 17.8 Å². The minimum Gasteiger partial charge on any atom is -0.497 e. The molecule has 5 heteroatoms. The molecule has 5 nitrogen and oxygen atoms in total. The molecule has 1 aliphatic rings. The highest BCUT2D eigenvalue weighted by Crippen LogP contribution is 2.38. The van der Waals surface area contributed by atoms with Gasteiger partial charge in [-0.3, -0.25) is 5.41 Å². The van der Waals surface area contributed by atoms with Crippen molar-refractivity contribution in [3.8, 4) is 5.75 Å². The standard InChI is InChI=1S/C23H25N3O2/c1-23(2,3)16-7-9-17(10-8-16)26-20(24)19-13-14-28-22(19)25-21(26)15-5-11-18(27-4)12-6-15/h5-14,21,24-25H,1-4H3. The molecule has 144 valence electrons. The van der Waals surface area contributed by atoms with Crippen molar-refractivity contribution in [1.29, 1.82) is 5.41 Å². The van der Waals surface area contributed by atoms with Gasteiger partial charge in [0.25, 0.3) is 0 Å². The van der Waals surface area contributed by atoms with Crippen LogP contribution in [0.1, 0.15) is 43.6 Å². The number of amidine groups is 1. The van der Waals surface area contributed by atoms with Crippen LogP contribution in [0.15, 0.2) is 65.3 Å². The van der Waals surface area contributed by atoms with Gasteiger partial charge in [-0.1, -0.05) is 45.0 Å². The van der Waals surface area contributed by atoms with E-state index in [1.807, 2.05) is 35.2 Å². The first-order valence-corrected chi connectivity index (χ1v) is 9.35. The van der Waals surface area contributed by atoms with Crippen molar-refractivity contribution in [2.75, 3.05) is 17.3 Å². The van der Waals surface area contributed by atoms with Gasteiger partial charge in [-0.2, -0.15) is 0 Å². The van der Waals surface area contributed by atoms with Gasteiger partial charge in [0.05, 0.1) is 18.9 Å². The van der Waals surface area contributed by atoms with Gasteiger partial charge in [-0.15, -0.1) is 0 Å². The highest BCUT2D eigenvalue weighted by atomic mass is 16.5. The molecule has 0 spiro atoms. The van der Waals surface area contributed by atoms with Crippen LogP contribution in [0.4, 0.5) is 11.6 Å². The third-order valence-corrected chi connectivity index (χ3v) is 5.13. The zero-order valence-corrected chi connectivity index (χ0v) is 16.6. The Morgan fingerprint density at radius 1 is 1.00 bits per heavy atom. The largest absolute Gasteiger partial charge is 0.497 e. The van der Waals surface area contributed by atoms with E-state index in [1.165, 1.54) is 5.56 Å². The summed E-state index contributed by atoms with van der Waals surface area (Å²) in [7, 11) is 1.65. The number of rotatable bonds is 3. The molecule has 1 aliphatic heterocycles. The average molecular weight is 375 g/mol. The van der Waals surface area contributed by atoms with Crippen LogP contribution in [-0.4, -0.2) is 12.9 Å². The number of hydrogen-bond donors (Lipinski definition) is 2. The van der Waals surface area contributed by atoms with Gasteiger partial charge in [0, 0.05) is 5.69 Å².